The van der Waals surface area contributed by atoms with Crippen molar-refractivity contribution in [3.8, 4) is 0 Å². The fourth-order valence-corrected chi connectivity index (χ4v) is 5.67. The zero-order chi connectivity index (χ0) is 10.9. The van der Waals surface area contributed by atoms with Gasteiger partial charge in [0, 0.05) is 0 Å². The van der Waals surface area contributed by atoms with Crippen molar-refractivity contribution >= 4 is 8.07 Å². The van der Waals surface area contributed by atoms with Gasteiger partial charge in [-0.25, -0.2) is 0 Å². The third-order valence-electron chi connectivity index (χ3n) is 4.95. The lowest BCUT2D eigenvalue weighted by atomic mass is 9.99. The molecule has 1 heteroatoms. The molecule has 0 amide bonds. The van der Waals surface area contributed by atoms with Crippen LogP contribution in [0.2, 0.25) is 23.7 Å². The van der Waals surface area contributed by atoms with Gasteiger partial charge < -0.3 is 0 Å². The Bertz CT molecular complexity index is 157. The highest BCUT2D eigenvalue weighted by Gasteiger charge is 2.43. The van der Waals surface area contributed by atoms with Crippen LogP contribution < -0.4 is 0 Å². The molecular weight excluding hydrogens is 172 g/mol. The van der Waals surface area contributed by atoms with E-state index in [0.717, 1.165) is 11.5 Å². The Hall–Kier alpha value is 0.217. The zero-order valence-corrected chi connectivity index (χ0v) is 11.9. The second-order valence-electron chi connectivity index (χ2n) is 5.91. The van der Waals surface area contributed by atoms with Crippen LogP contribution in [-0.4, -0.2) is 8.07 Å². The molecule has 0 radical (unpaired) electrons. The van der Waals surface area contributed by atoms with Gasteiger partial charge in [-0.15, -0.1) is 0 Å². The second-order valence-corrected chi connectivity index (χ2v) is 11.6. The molecule has 1 unspecified atom stereocenters. The van der Waals surface area contributed by atoms with Crippen LogP contribution in [0.5, 0.6) is 0 Å². The van der Waals surface area contributed by atoms with Crippen molar-refractivity contribution in [2.24, 2.45) is 5.92 Å². The van der Waals surface area contributed by atoms with Crippen molar-refractivity contribution in [3.63, 3.8) is 0 Å². The minimum absolute atomic E-state index is 0.558. The molecular formula is C12H28Si. The molecule has 0 aromatic rings. The Morgan fingerprint density at radius 1 is 1.08 bits per heavy atom. The van der Waals surface area contributed by atoms with Crippen LogP contribution in [0.3, 0.4) is 0 Å². The first-order valence-corrected chi connectivity index (χ1v) is 8.75. The minimum Gasteiger partial charge on any atom is -0.0688 e. The van der Waals surface area contributed by atoms with E-state index in [0.29, 0.717) is 5.04 Å². The Labute approximate surface area is 86.1 Å². The first kappa shape index (κ1) is 13.2. The Morgan fingerprint density at radius 2 is 1.46 bits per heavy atom. The molecule has 0 aliphatic heterocycles. The molecule has 0 saturated carbocycles. The van der Waals surface area contributed by atoms with E-state index >= 15 is 0 Å². The predicted octanol–water partition coefficient (Wildman–Crippen LogP) is 4.93. The van der Waals surface area contributed by atoms with E-state index in [4.69, 9.17) is 0 Å². The zero-order valence-electron chi connectivity index (χ0n) is 10.9. The summed E-state index contributed by atoms with van der Waals surface area (Å²) in [4.78, 5) is 0. The molecule has 0 heterocycles. The predicted molar refractivity (Wildman–Crippen MR) is 66.1 cm³/mol. The van der Waals surface area contributed by atoms with Gasteiger partial charge in [0.15, 0.2) is 0 Å². The highest BCUT2D eigenvalue weighted by atomic mass is 28.3. The first-order valence-electron chi connectivity index (χ1n) is 5.67. The summed E-state index contributed by atoms with van der Waals surface area (Å²) in [5.74, 6) is 0.808. The number of hydrogen-bond acceptors (Lipinski definition) is 0. The summed E-state index contributed by atoms with van der Waals surface area (Å²) in [5, 5.41) is 0.558. The smallest absolute Gasteiger partial charge is 0.0561 e. The second kappa shape index (κ2) is 4.16. The van der Waals surface area contributed by atoms with Crippen LogP contribution in [0.4, 0.5) is 0 Å². The van der Waals surface area contributed by atoms with Gasteiger partial charge in [0.2, 0.25) is 0 Å². The summed E-state index contributed by atoms with van der Waals surface area (Å²) >= 11 is 0. The number of rotatable bonds is 4. The summed E-state index contributed by atoms with van der Waals surface area (Å²) < 4.78 is 0. The highest BCUT2D eigenvalue weighted by Crippen LogP contribution is 2.50. The molecule has 80 valence electrons. The van der Waals surface area contributed by atoms with Crippen molar-refractivity contribution in [1.82, 2.24) is 0 Å². The van der Waals surface area contributed by atoms with E-state index in [1.54, 1.807) is 0 Å². The Balaban J connectivity index is 4.80. The minimum atomic E-state index is -1.10. The molecule has 0 rings (SSSR count). The molecule has 0 N–H and O–H groups in total. The molecule has 1 atom stereocenters. The lowest BCUT2D eigenvalue weighted by molar-refractivity contribution is 0.449. The van der Waals surface area contributed by atoms with Gasteiger partial charge in [0.25, 0.3) is 0 Å². The van der Waals surface area contributed by atoms with E-state index < -0.39 is 8.07 Å². The normalized spacial score (nSPS) is 16.4. The molecule has 0 bridgehead atoms. The van der Waals surface area contributed by atoms with Crippen molar-refractivity contribution < 1.29 is 0 Å². The van der Waals surface area contributed by atoms with Crippen molar-refractivity contribution in [1.29, 1.82) is 0 Å². The van der Waals surface area contributed by atoms with Gasteiger partial charge in [-0.3, -0.25) is 0 Å². The lowest BCUT2D eigenvalue weighted by Crippen LogP contribution is -2.45. The van der Waals surface area contributed by atoms with Gasteiger partial charge >= 0.3 is 0 Å². The largest absolute Gasteiger partial charge is 0.0688 e. The topological polar surface area (TPSA) is 0 Å². The van der Waals surface area contributed by atoms with Crippen LogP contribution in [0.25, 0.3) is 0 Å². The maximum absolute atomic E-state index is 2.56. The molecule has 13 heavy (non-hydrogen) atoms. The van der Waals surface area contributed by atoms with Crippen molar-refractivity contribution in [2.75, 3.05) is 0 Å². The maximum Gasteiger partial charge on any atom is 0.0561 e. The third kappa shape index (κ3) is 2.37. The molecule has 0 saturated heterocycles. The van der Waals surface area contributed by atoms with Crippen molar-refractivity contribution in [3.05, 3.63) is 0 Å². The van der Waals surface area contributed by atoms with E-state index in [2.05, 4.69) is 54.6 Å². The SMILES string of the molecule is CCC(C)[Si](C)(C)C(C)(C)C(C)C. The standard InChI is InChI=1S/C12H28Si/c1-9-11(4)13(7,8)12(5,6)10(2)3/h10-11H,9H2,1-8H3. The van der Waals surface area contributed by atoms with E-state index in [1.807, 2.05) is 0 Å². The van der Waals surface area contributed by atoms with Gasteiger partial charge in [0.05, 0.1) is 8.07 Å². The lowest BCUT2D eigenvalue weighted by Gasteiger charge is -2.47. The molecule has 0 nitrogen and oxygen atoms in total. The summed E-state index contributed by atoms with van der Waals surface area (Å²) in [6.07, 6.45) is 1.34. The van der Waals surface area contributed by atoms with Crippen LogP contribution in [0, 0.1) is 5.92 Å². The van der Waals surface area contributed by atoms with Gasteiger partial charge in [-0.1, -0.05) is 61.1 Å². The van der Waals surface area contributed by atoms with Gasteiger partial charge in [-0.2, -0.15) is 0 Å². The monoisotopic (exact) mass is 200 g/mol. The molecule has 0 spiro atoms. The first-order chi connectivity index (χ1) is 5.67. The number of hydrogen-bond donors (Lipinski definition) is 0. The van der Waals surface area contributed by atoms with Gasteiger partial charge in [-0.05, 0) is 16.5 Å². The average molecular weight is 200 g/mol. The van der Waals surface area contributed by atoms with Crippen LogP contribution in [-0.2, 0) is 0 Å². The fourth-order valence-electron chi connectivity index (χ4n) is 1.89. The molecule has 0 fully saturated rings. The van der Waals surface area contributed by atoms with E-state index in [1.165, 1.54) is 6.42 Å². The summed E-state index contributed by atoms with van der Waals surface area (Å²) in [5.41, 5.74) is 0.935. The maximum atomic E-state index is 2.56. The van der Waals surface area contributed by atoms with E-state index in [9.17, 15) is 0 Å². The molecule has 0 aliphatic carbocycles. The summed E-state index contributed by atoms with van der Waals surface area (Å²) in [6, 6.07) is 0. The van der Waals surface area contributed by atoms with Crippen LogP contribution >= 0.6 is 0 Å². The van der Waals surface area contributed by atoms with Crippen molar-refractivity contribution in [2.45, 2.75) is 71.6 Å². The average Bonchev–Trinajstić information content (AvgIpc) is 2.02. The van der Waals surface area contributed by atoms with Gasteiger partial charge in [0.1, 0.15) is 0 Å². The third-order valence-corrected chi connectivity index (χ3v) is 11.7. The summed E-state index contributed by atoms with van der Waals surface area (Å²) in [6.45, 7) is 19.6. The van der Waals surface area contributed by atoms with Crippen LogP contribution in [0.1, 0.15) is 48.0 Å². The molecule has 0 aliphatic rings. The quantitative estimate of drug-likeness (QED) is 0.564. The Morgan fingerprint density at radius 3 is 1.69 bits per heavy atom. The fraction of sp³-hybridized carbons (Fsp3) is 1.00. The summed E-state index contributed by atoms with van der Waals surface area (Å²) in [7, 11) is -1.10. The molecule has 0 aromatic carbocycles. The highest BCUT2D eigenvalue weighted by molar-refractivity contribution is 6.81. The Kier molecular flexibility index (Phi) is 4.23. The van der Waals surface area contributed by atoms with E-state index in [-0.39, 0.29) is 0 Å². The van der Waals surface area contributed by atoms with Crippen LogP contribution in [0.15, 0.2) is 0 Å². The molecule has 0 aromatic heterocycles.